The fourth-order valence-corrected chi connectivity index (χ4v) is 3.80. The van der Waals surface area contributed by atoms with E-state index in [1.807, 2.05) is 17.0 Å². The quantitative estimate of drug-likeness (QED) is 0.888. The van der Waals surface area contributed by atoms with Gasteiger partial charge in [0.25, 0.3) is 5.91 Å². The second kappa shape index (κ2) is 6.86. The van der Waals surface area contributed by atoms with Gasteiger partial charge in [0.05, 0.1) is 8.66 Å². The average Bonchev–Trinajstić information content (AvgIpc) is 2.98. The molecule has 1 fully saturated rings. The molecule has 1 saturated heterocycles. The summed E-state index contributed by atoms with van der Waals surface area (Å²) < 4.78 is 1.01. The van der Waals surface area contributed by atoms with Gasteiger partial charge in [0, 0.05) is 19.1 Å². The zero-order valence-electron chi connectivity index (χ0n) is 11.5. The third-order valence-electron chi connectivity index (χ3n) is 3.26. The molecule has 0 radical (unpaired) electrons. The van der Waals surface area contributed by atoms with Crippen LogP contribution in [0.4, 0.5) is 0 Å². The van der Waals surface area contributed by atoms with E-state index >= 15 is 0 Å². The van der Waals surface area contributed by atoms with Gasteiger partial charge in [0.2, 0.25) is 0 Å². The third kappa shape index (κ3) is 4.29. The number of carbonyl (C=O) groups is 1. The summed E-state index contributed by atoms with van der Waals surface area (Å²) in [6, 6.07) is 4.32. The highest BCUT2D eigenvalue weighted by Crippen LogP contribution is 2.24. The van der Waals surface area contributed by atoms with Crippen molar-refractivity contribution in [1.29, 1.82) is 0 Å². The summed E-state index contributed by atoms with van der Waals surface area (Å²) in [5, 5.41) is 3.47. The Hall–Kier alpha value is -0.390. The van der Waals surface area contributed by atoms with Crippen molar-refractivity contribution in [2.24, 2.45) is 5.92 Å². The van der Waals surface area contributed by atoms with Crippen LogP contribution in [0.5, 0.6) is 0 Å². The zero-order chi connectivity index (χ0) is 13.8. The Morgan fingerprint density at radius 2 is 2.37 bits per heavy atom. The molecule has 1 aliphatic heterocycles. The van der Waals surface area contributed by atoms with Gasteiger partial charge in [0.15, 0.2) is 0 Å². The van der Waals surface area contributed by atoms with Crippen molar-refractivity contribution in [3.63, 3.8) is 0 Å². The monoisotopic (exact) mass is 344 g/mol. The molecule has 1 unspecified atom stereocenters. The van der Waals surface area contributed by atoms with E-state index in [9.17, 15) is 4.79 Å². The van der Waals surface area contributed by atoms with Gasteiger partial charge in [-0.25, -0.2) is 0 Å². The van der Waals surface area contributed by atoms with Gasteiger partial charge in [-0.1, -0.05) is 13.8 Å². The Bertz CT molecular complexity index is 427. The topological polar surface area (TPSA) is 32.3 Å². The van der Waals surface area contributed by atoms with Crippen LogP contribution in [0.3, 0.4) is 0 Å². The van der Waals surface area contributed by atoms with Crippen LogP contribution in [-0.2, 0) is 0 Å². The fourth-order valence-electron chi connectivity index (χ4n) is 2.44. The molecule has 1 aromatic rings. The molecule has 0 aromatic carbocycles. The number of nitrogens with one attached hydrogen (secondary N) is 1. The molecule has 0 aliphatic carbocycles. The maximum absolute atomic E-state index is 12.6. The summed E-state index contributed by atoms with van der Waals surface area (Å²) in [5.41, 5.74) is 0. The van der Waals surface area contributed by atoms with E-state index in [0.29, 0.717) is 12.0 Å². The van der Waals surface area contributed by atoms with E-state index in [-0.39, 0.29) is 5.91 Å². The van der Waals surface area contributed by atoms with Crippen molar-refractivity contribution >= 4 is 33.2 Å². The lowest BCUT2D eigenvalue weighted by Gasteiger charge is -2.27. The van der Waals surface area contributed by atoms with Crippen molar-refractivity contribution in [1.82, 2.24) is 10.2 Å². The minimum atomic E-state index is 0.165. The average molecular weight is 345 g/mol. The second-order valence-electron chi connectivity index (χ2n) is 5.50. The van der Waals surface area contributed by atoms with Crippen LogP contribution >= 0.6 is 27.3 Å². The fraction of sp³-hybridized carbons (Fsp3) is 0.643. The van der Waals surface area contributed by atoms with Crippen LogP contribution in [0.15, 0.2) is 15.9 Å². The summed E-state index contributed by atoms with van der Waals surface area (Å²) in [4.78, 5) is 15.4. The van der Waals surface area contributed by atoms with Gasteiger partial charge in [0.1, 0.15) is 0 Å². The summed E-state index contributed by atoms with van der Waals surface area (Å²) >= 11 is 4.94. The maximum Gasteiger partial charge on any atom is 0.264 e. The van der Waals surface area contributed by atoms with Gasteiger partial charge in [-0.05, 0) is 53.4 Å². The highest BCUT2D eigenvalue weighted by molar-refractivity contribution is 9.11. The number of carbonyl (C=O) groups excluding carboxylic acids is 1. The lowest BCUT2D eigenvalue weighted by Crippen LogP contribution is -2.42. The molecule has 2 heterocycles. The highest BCUT2D eigenvalue weighted by atomic mass is 79.9. The molecule has 2 rings (SSSR count). The van der Waals surface area contributed by atoms with E-state index in [4.69, 9.17) is 0 Å². The lowest BCUT2D eigenvalue weighted by molar-refractivity contribution is 0.0726. The number of amides is 1. The second-order valence-corrected chi connectivity index (χ2v) is 7.96. The number of nitrogens with zero attached hydrogens (tertiary/aromatic N) is 1. The number of hydrogen-bond donors (Lipinski definition) is 1. The van der Waals surface area contributed by atoms with Gasteiger partial charge in [-0.2, -0.15) is 0 Å². The smallest absolute Gasteiger partial charge is 0.264 e. The van der Waals surface area contributed by atoms with Crippen molar-refractivity contribution < 1.29 is 4.79 Å². The van der Waals surface area contributed by atoms with Crippen LogP contribution < -0.4 is 5.32 Å². The zero-order valence-corrected chi connectivity index (χ0v) is 13.9. The lowest BCUT2D eigenvalue weighted by atomic mass is 10.1. The van der Waals surface area contributed by atoms with Gasteiger partial charge < -0.3 is 10.2 Å². The molecule has 3 nitrogen and oxygen atoms in total. The molecule has 5 heteroatoms. The standard InChI is InChI=1S/C14H21BrN2OS/c1-10(2)8-17(9-11-4-3-7-16-11)14(18)12-5-6-13(15)19-12/h5-6,10-11,16H,3-4,7-9H2,1-2H3. The molecule has 1 amide bonds. The molecule has 1 aliphatic rings. The van der Waals surface area contributed by atoms with E-state index in [0.717, 1.165) is 28.3 Å². The van der Waals surface area contributed by atoms with Crippen molar-refractivity contribution in [3.8, 4) is 0 Å². The summed E-state index contributed by atoms with van der Waals surface area (Å²) in [6.07, 6.45) is 2.40. The Morgan fingerprint density at radius 1 is 1.58 bits per heavy atom. The first-order chi connectivity index (χ1) is 9.06. The van der Waals surface area contributed by atoms with E-state index in [2.05, 4.69) is 35.1 Å². The van der Waals surface area contributed by atoms with Crippen LogP contribution in [0.25, 0.3) is 0 Å². The first-order valence-electron chi connectivity index (χ1n) is 6.84. The molecule has 0 saturated carbocycles. The minimum absolute atomic E-state index is 0.165. The Labute approximate surface area is 127 Å². The Morgan fingerprint density at radius 3 is 2.89 bits per heavy atom. The molecule has 1 N–H and O–H groups in total. The molecule has 106 valence electrons. The number of thiophene rings is 1. The Kier molecular flexibility index (Phi) is 5.42. The van der Waals surface area contributed by atoms with Crippen molar-refractivity contribution in [2.75, 3.05) is 19.6 Å². The SMILES string of the molecule is CC(C)CN(CC1CCCN1)C(=O)c1ccc(Br)s1. The van der Waals surface area contributed by atoms with E-state index in [1.165, 1.54) is 24.2 Å². The summed E-state index contributed by atoms with van der Waals surface area (Å²) in [6.45, 7) is 7.05. The van der Waals surface area contributed by atoms with Gasteiger partial charge in [-0.3, -0.25) is 4.79 Å². The Balaban J connectivity index is 2.05. The minimum Gasteiger partial charge on any atom is -0.336 e. The molecular formula is C14H21BrN2OS. The van der Waals surface area contributed by atoms with Crippen LogP contribution in [0.1, 0.15) is 36.4 Å². The molecule has 19 heavy (non-hydrogen) atoms. The predicted molar refractivity (Wildman–Crippen MR) is 83.8 cm³/mol. The number of hydrogen-bond acceptors (Lipinski definition) is 3. The van der Waals surface area contributed by atoms with Crippen LogP contribution in [-0.4, -0.2) is 36.5 Å². The molecule has 1 aromatic heterocycles. The van der Waals surface area contributed by atoms with E-state index in [1.54, 1.807) is 0 Å². The molecule has 1 atom stereocenters. The highest BCUT2D eigenvalue weighted by Gasteiger charge is 2.23. The largest absolute Gasteiger partial charge is 0.336 e. The van der Waals surface area contributed by atoms with E-state index < -0.39 is 0 Å². The first kappa shape index (κ1) is 15.0. The van der Waals surface area contributed by atoms with Gasteiger partial charge >= 0.3 is 0 Å². The number of rotatable bonds is 5. The maximum atomic E-state index is 12.6. The van der Waals surface area contributed by atoms with Crippen molar-refractivity contribution in [3.05, 3.63) is 20.8 Å². The normalized spacial score (nSPS) is 19.1. The summed E-state index contributed by atoms with van der Waals surface area (Å²) in [7, 11) is 0. The molecule has 0 spiro atoms. The predicted octanol–water partition coefficient (Wildman–Crippen LogP) is 3.36. The van der Waals surface area contributed by atoms with Crippen LogP contribution in [0.2, 0.25) is 0 Å². The van der Waals surface area contributed by atoms with Gasteiger partial charge in [-0.15, -0.1) is 11.3 Å². The molecule has 0 bridgehead atoms. The first-order valence-corrected chi connectivity index (χ1v) is 8.45. The molecular weight excluding hydrogens is 324 g/mol. The third-order valence-corrected chi connectivity index (χ3v) is 4.87. The summed E-state index contributed by atoms with van der Waals surface area (Å²) in [5.74, 6) is 0.659. The number of halogens is 1. The van der Waals surface area contributed by atoms with Crippen molar-refractivity contribution in [2.45, 2.75) is 32.7 Å². The van der Waals surface area contributed by atoms with Crippen LogP contribution in [0, 0.1) is 5.92 Å².